The molecule has 2 aliphatic rings. The van der Waals surface area contributed by atoms with Gasteiger partial charge in [-0.15, -0.1) is 0 Å². The molecule has 0 radical (unpaired) electrons. The molecule has 0 atom stereocenters. The van der Waals surface area contributed by atoms with Crippen LogP contribution in [0.25, 0.3) is 0 Å². The molecule has 0 aliphatic carbocycles. The van der Waals surface area contributed by atoms with Crippen LogP contribution < -0.4 is 9.80 Å². The van der Waals surface area contributed by atoms with Crippen LogP contribution in [0.15, 0.2) is 42.7 Å². The SMILES string of the molecule is O=CN1CCN(C(=O)c2cnc(N3CCN(c4ccccc4)CC3)cn2)CC1. The maximum Gasteiger partial charge on any atom is 0.274 e. The molecule has 2 saturated heterocycles. The van der Waals surface area contributed by atoms with Crippen LogP contribution in [-0.2, 0) is 4.79 Å². The highest BCUT2D eigenvalue weighted by Gasteiger charge is 2.23. The van der Waals surface area contributed by atoms with Crippen molar-refractivity contribution in [2.45, 2.75) is 0 Å². The fraction of sp³-hybridized carbons (Fsp3) is 0.400. The van der Waals surface area contributed by atoms with Crippen LogP contribution in [-0.4, -0.2) is 84.4 Å². The van der Waals surface area contributed by atoms with E-state index < -0.39 is 0 Å². The first kappa shape index (κ1) is 18.2. The number of hydrogen-bond donors (Lipinski definition) is 0. The summed E-state index contributed by atoms with van der Waals surface area (Å²) in [6.45, 7) is 5.76. The van der Waals surface area contributed by atoms with Crippen LogP contribution in [0.5, 0.6) is 0 Å². The van der Waals surface area contributed by atoms with E-state index in [-0.39, 0.29) is 5.91 Å². The molecule has 0 spiro atoms. The molecular formula is C20H24N6O2. The second-order valence-electron chi connectivity index (χ2n) is 7.00. The first-order valence-electron chi connectivity index (χ1n) is 9.60. The standard InChI is InChI=1S/C20H24N6O2/c27-16-23-6-8-26(9-7-23)20(28)18-14-22-19(15-21-18)25-12-10-24(11-13-25)17-4-2-1-3-5-17/h1-5,14-16H,6-13H2. The molecule has 8 heteroatoms. The van der Waals surface area contributed by atoms with Crippen molar-refractivity contribution in [1.82, 2.24) is 19.8 Å². The zero-order valence-electron chi connectivity index (χ0n) is 15.8. The minimum absolute atomic E-state index is 0.126. The average Bonchev–Trinajstić information content (AvgIpc) is 2.79. The minimum Gasteiger partial charge on any atom is -0.368 e. The molecule has 0 unspecified atom stereocenters. The average molecular weight is 380 g/mol. The minimum atomic E-state index is -0.126. The second-order valence-corrected chi connectivity index (χ2v) is 7.00. The monoisotopic (exact) mass is 380 g/mol. The van der Waals surface area contributed by atoms with E-state index in [1.807, 2.05) is 6.07 Å². The highest BCUT2D eigenvalue weighted by molar-refractivity contribution is 5.92. The fourth-order valence-corrected chi connectivity index (χ4v) is 3.62. The van der Waals surface area contributed by atoms with Gasteiger partial charge >= 0.3 is 0 Å². The number of rotatable bonds is 4. The molecule has 2 fully saturated rings. The lowest BCUT2D eigenvalue weighted by Crippen LogP contribution is -2.48. The van der Waals surface area contributed by atoms with Crippen LogP contribution in [0.2, 0.25) is 0 Å². The summed E-state index contributed by atoms with van der Waals surface area (Å²) in [4.78, 5) is 40.2. The summed E-state index contributed by atoms with van der Waals surface area (Å²) in [7, 11) is 0. The van der Waals surface area contributed by atoms with E-state index in [0.29, 0.717) is 31.9 Å². The smallest absolute Gasteiger partial charge is 0.274 e. The summed E-state index contributed by atoms with van der Waals surface area (Å²) in [5.74, 6) is 0.675. The lowest BCUT2D eigenvalue weighted by atomic mass is 10.2. The van der Waals surface area contributed by atoms with Gasteiger partial charge in [0.2, 0.25) is 6.41 Å². The van der Waals surface area contributed by atoms with Crippen molar-refractivity contribution in [2.75, 3.05) is 62.2 Å². The van der Waals surface area contributed by atoms with Gasteiger partial charge in [-0.25, -0.2) is 9.97 Å². The number of carbonyl (C=O) groups excluding carboxylic acids is 2. The lowest BCUT2D eigenvalue weighted by Gasteiger charge is -2.36. The highest BCUT2D eigenvalue weighted by Crippen LogP contribution is 2.18. The van der Waals surface area contributed by atoms with Crippen LogP contribution >= 0.6 is 0 Å². The number of benzene rings is 1. The van der Waals surface area contributed by atoms with Crippen LogP contribution in [0.1, 0.15) is 10.5 Å². The molecular weight excluding hydrogens is 356 g/mol. The number of amides is 2. The quantitative estimate of drug-likeness (QED) is 0.728. The third kappa shape index (κ3) is 3.90. The molecule has 8 nitrogen and oxygen atoms in total. The third-order valence-electron chi connectivity index (χ3n) is 5.33. The van der Waals surface area contributed by atoms with Crippen LogP contribution in [0, 0.1) is 0 Å². The summed E-state index contributed by atoms with van der Waals surface area (Å²) in [6, 6.07) is 10.4. The Morgan fingerprint density at radius 2 is 1.50 bits per heavy atom. The molecule has 1 aromatic heterocycles. The molecule has 0 N–H and O–H groups in total. The number of hydrogen-bond acceptors (Lipinski definition) is 6. The number of para-hydroxylation sites is 1. The predicted octanol–water partition coefficient (Wildman–Crippen LogP) is 0.717. The molecule has 146 valence electrons. The molecule has 2 aliphatic heterocycles. The Hall–Kier alpha value is -3.16. The number of aromatic nitrogens is 2. The molecule has 4 rings (SSSR count). The summed E-state index contributed by atoms with van der Waals surface area (Å²) >= 11 is 0. The van der Waals surface area contributed by atoms with Gasteiger partial charge in [0.1, 0.15) is 11.5 Å². The first-order valence-corrected chi connectivity index (χ1v) is 9.60. The zero-order chi connectivity index (χ0) is 19.3. The van der Waals surface area contributed by atoms with Crippen LogP contribution in [0.4, 0.5) is 11.5 Å². The zero-order valence-corrected chi connectivity index (χ0v) is 15.8. The first-order chi connectivity index (χ1) is 13.7. The van der Waals surface area contributed by atoms with Gasteiger partial charge in [0.15, 0.2) is 0 Å². The van der Waals surface area contributed by atoms with Crippen molar-refractivity contribution >= 4 is 23.8 Å². The largest absolute Gasteiger partial charge is 0.368 e. The van der Waals surface area contributed by atoms with E-state index in [1.165, 1.54) is 5.69 Å². The Morgan fingerprint density at radius 3 is 2.11 bits per heavy atom. The van der Waals surface area contributed by atoms with Gasteiger partial charge in [0.25, 0.3) is 5.91 Å². The fourth-order valence-electron chi connectivity index (χ4n) is 3.62. The third-order valence-corrected chi connectivity index (χ3v) is 5.33. The summed E-state index contributed by atoms with van der Waals surface area (Å²) in [5, 5.41) is 0. The van der Waals surface area contributed by atoms with Gasteiger partial charge in [-0.3, -0.25) is 9.59 Å². The number of nitrogens with zero attached hydrogens (tertiary/aromatic N) is 6. The maximum absolute atomic E-state index is 12.6. The summed E-state index contributed by atoms with van der Waals surface area (Å²) in [6.07, 6.45) is 4.08. The maximum atomic E-state index is 12.6. The van der Waals surface area contributed by atoms with Crippen LogP contribution in [0.3, 0.4) is 0 Å². The second kappa shape index (κ2) is 8.24. The summed E-state index contributed by atoms with van der Waals surface area (Å²) in [5.41, 5.74) is 1.59. The van der Waals surface area contributed by atoms with Gasteiger partial charge in [-0.2, -0.15) is 0 Å². The van der Waals surface area contributed by atoms with Gasteiger partial charge in [-0.1, -0.05) is 18.2 Å². The van der Waals surface area contributed by atoms with E-state index in [0.717, 1.165) is 38.4 Å². The van der Waals surface area contributed by atoms with Crippen molar-refractivity contribution < 1.29 is 9.59 Å². The van der Waals surface area contributed by atoms with Gasteiger partial charge in [0.05, 0.1) is 12.4 Å². The number of anilines is 2. The number of piperazine rings is 2. The van der Waals surface area contributed by atoms with Crippen molar-refractivity contribution in [1.29, 1.82) is 0 Å². The van der Waals surface area contributed by atoms with E-state index in [2.05, 4.69) is 44.0 Å². The normalized spacial score (nSPS) is 17.6. The molecule has 0 saturated carbocycles. The molecule has 3 heterocycles. The molecule has 2 aromatic rings. The molecule has 0 bridgehead atoms. The molecule has 2 amide bonds. The van der Waals surface area contributed by atoms with Gasteiger partial charge in [0, 0.05) is 58.0 Å². The Labute approximate surface area is 164 Å². The Balaban J connectivity index is 1.34. The highest BCUT2D eigenvalue weighted by atomic mass is 16.2. The topological polar surface area (TPSA) is 72.9 Å². The van der Waals surface area contributed by atoms with E-state index in [1.54, 1.807) is 22.2 Å². The van der Waals surface area contributed by atoms with E-state index in [4.69, 9.17) is 0 Å². The van der Waals surface area contributed by atoms with Gasteiger partial charge < -0.3 is 19.6 Å². The van der Waals surface area contributed by atoms with E-state index >= 15 is 0 Å². The van der Waals surface area contributed by atoms with Crippen molar-refractivity contribution in [2.24, 2.45) is 0 Å². The lowest BCUT2D eigenvalue weighted by molar-refractivity contribution is -0.119. The van der Waals surface area contributed by atoms with Crippen molar-refractivity contribution in [3.8, 4) is 0 Å². The molecule has 1 aromatic carbocycles. The Bertz CT molecular complexity index is 797. The Kier molecular flexibility index (Phi) is 5.36. The Morgan fingerprint density at radius 1 is 0.821 bits per heavy atom. The number of carbonyl (C=O) groups is 2. The summed E-state index contributed by atoms with van der Waals surface area (Å²) < 4.78 is 0. The molecule has 28 heavy (non-hydrogen) atoms. The van der Waals surface area contributed by atoms with E-state index in [9.17, 15) is 9.59 Å². The van der Waals surface area contributed by atoms with Gasteiger partial charge in [-0.05, 0) is 12.1 Å². The predicted molar refractivity (Wildman–Crippen MR) is 106 cm³/mol. The van der Waals surface area contributed by atoms with Crippen molar-refractivity contribution in [3.63, 3.8) is 0 Å². The van der Waals surface area contributed by atoms with Crippen molar-refractivity contribution in [3.05, 3.63) is 48.4 Å².